The molecule has 0 saturated heterocycles. The first-order chi connectivity index (χ1) is 12.5. The summed E-state index contributed by atoms with van der Waals surface area (Å²) in [5.74, 6) is 0.170. The van der Waals surface area contributed by atoms with Crippen molar-refractivity contribution < 1.29 is 17.9 Å². The monoisotopic (exact) mass is 390 g/mol. The van der Waals surface area contributed by atoms with Crippen molar-refractivity contribution in [2.24, 2.45) is 0 Å². The molecule has 0 unspecified atom stereocenters. The number of rotatable bonds is 6. The van der Waals surface area contributed by atoms with Gasteiger partial charge in [0.2, 0.25) is 15.9 Å². The SMILES string of the molecule is COc1cccc(NC(=O)CN(c2ccccc2C(C)(C)C)S(C)(=O)=O)c1. The van der Waals surface area contributed by atoms with Gasteiger partial charge in [-0.05, 0) is 29.2 Å². The lowest BCUT2D eigenvalue weighted by atomic mass is 9.86. The van der Waals surface area contributed by atoms with Crippen LogP contribution in [0.4, 0.5) is 11.4 Å². The van der Waals surface area contributed by atoms with E-state index in [4.69, 9.17) is 4.74 Å². The number of benzene rings is 2. The van der Waals surface area contributed by atoms with Crippen LogP contribution in [0.1, 0.15) is 26.3 Å². The highest BCUT2D eigenvalue weighted by Crippen LogP contribution is 2.33. The van der Waals surface area contributed by atoms with Crippen LogP contribution in [0.25, 0.3) is 0 Å². The average molecular weight is 391 g/mol. The highest BCUT2D eigenvalue weighted by Gasteiger charge is 2.27. The summed E-state index contributed by atoms with van der Waals surface area (Å²) in [7, 11) is -2.12. The number of carbonyl (C=O) groups is 1. The minimum Gasteiger partial charge on any atom is -0.497 e. The van der Waals surface area contributed by atoms with E-state index in [2.05, 4.69) is 5.32 Å². The molecule has 0 spiro atoms. The van der Waals surface area contributed by atoms with Crippen LogP contribution in [0.5, 0.6) is 5.75 Å². The van der Waals surface area contributed by atoms with Gasteiger partial charge < -0.3 is 10.1 Å². The fourth-order valence-corrected chi connectivity index (χ4v) is 3.61. The van der Waals surface area contributed by atoms with Gasteiger partial charge in [0.15, 0.2) is 0 Å². The van der Waals surface area contributed by atoms with Crippen LogP contribution in [-0.4, -0.2) is 34.2 Å². The highest BCUT2D eigenvalue weighted by molar-refractivity contribution is 7.92. The number of amides is 1. The molecular formula is C20H26N2O4S. The summed E-state index contributed by atoms with van der Waals surface area (Å²) < 4.78 is 31.1. The van der Waals surface area contributed by atoms with Crippen molar-refractivity contribution in [1.29, 1.82) is 0 Å². The van der Waals surface area contributed by atoms with Crippen LogP contribution < -0.4 is 14.4 Å². The predicted molar refractivity (Wildman–Crippen MR) is 109 cm³/mol. The van der Waals surface area contributed by atoms with E-state index in [1.54, 1.807) is 36.4 Å². The summed E-state index contributed by atoms with van der Waals surface area (Å²) in [6.07, 6.45) is 1.10. The number of para-hydroxylation sites is 1. The number of methoxy groups -OCH3 is 1. The Morgan fingerprint density at radius 3 is 2.37 bits per heavy atom. The lowest BCUT2D eigenvalue weighted by molar-refractivity contribution is -0.114. The lowest BCUT2D eigenvalue weighted by Crippen LogP contribution is -2.38. The second kappa shape index (κ2) is 8.00. The predicted octanol–water partition coefficient (Wildman–Crippen LogP) is 3.40. The summed E-state index contributed by atoms with van der Waals surface area (Å²) in [6.45, 7) is 5.69. The van der Waals surface area contributed by atoms with Gasteiger partial charge in [-0.25, -0.2) is 8.42 Å². The minimum atomic E-state index is -3.65. The van der Waals surface area contributed by atoms with Crippen molar-refractivity contribution in [3.8, 4) is 5.75 Å². The second-order valence-electron chi connectivity index (χ2n) is 7.32. The number of nitrogens with one attached hydrogen (secondary N) is 1. The maximum atomic E-state index is 12.5. The van der Waals surface area contributed by atoms with E-state index < -0.39 is 15.9 Å². The third-order valence-electron chi connectivity index (χ3n) is 4.02. The van der Waals surface area contributed by atoms with Gasteiger partial charge in [0, 0.05) is 11.8 Å². The first kappa shape index (κ1) is 20.8. The molecule has 2 rings (SSSR count). The minimum absolute atomic E-state index is 0.275. The van der Waals surface area contributed by atoms with E-state index >= 15 is 0 Å². The molecule has 2 aromatic carbocycles. The van der Waals surface area contributed by atoms with Crippen LogP contribution in [0.3, 0.4) is 0 Å². The molecule has 0 heterocycles. The molecule has 0 aliphatic heterocycles. The molecule has 1 amide bonds. The van der Waals surface area contributed by atoms with Gasteiger partial charge in [0.25, 0.3) is 0 Å². The molecule has 0 aromatic heterocycles. The zero-order chi connectivity index (χ0) is 20.2. The molecule has 0 radical (unpaired) electrons. The van der Waals surface area contributed by atoms with Crippen molar-refractivity contribution in [1.82, 2.24) is 0 Å². The lowest BCUT2D eigenvalue weighted by Gasteiger charge is -2.29. The van der Waals surface area contributed by atoms with Crippen LogP contribution in [0.15, 0.2) is 48.5 Å². The van der Waals surface area contributed by atoms with Gasteiger partial charge >= 0.3 is 0 Å². The number of carbonyl (C=O) groups excluding carboxylic acids is 1. The molecule has 7 heteroatoms. The molecule has 1 N–H and O–H groups in total. The maximum absolute atomic E-state index is 12.5. The Morgan fingerprint density at radius 2 is 1.78 bits per heavy atom. The van der Waals surface area contributed by atoms with Crippen LogP contribution in [0.2, 0.25) is 0 Å². The van der Waals surface area contributed by atoms with Gasteiger partial charge in [-0.15, -0.1) is 0 Å². The number of hydrogen-bond acceptors (Lipinski definition) is 4. The Balaban J connectivity index is 2.33. The molecule has 0 fully saturated rings. The van der Waals surface area contributed by atoms with Gasteiger partial charge in [-0.1, -0.05) is 45.0 Å². The van der Waals surface area contributed by atoms with Gasteiger partial charge in [0.1, 0.15) is 12.3 Å². The fourth-order valence-electron chi connectivity index (χ4n) is 2.74. The first-order valence-electron chi connectivity index (χ1n) is 8.53. The van der Waals surface area contributed by atoms with Gasteiger partial charge in [0.05, 0.1) is 19.1 Å². The van der Waals surface area contributed by atoms with E-state index in [0.29, 0.717) is 17.1 Å². The van der Waals surface area contributed by atoms with Gasteiger partial charge in [-0.2, -0.15) is 0 Å². The molecule has 0 aliphatic rings. The Hall–Kier alpha value is -2.54. The Labute approximate surface area is 161 Å². The summed E-state index contributed by atoms with van der Waals surface area (Å²) in [6, 6.07) is 14.1. The maximum Gasteiger partial charge on any atom is 0.245 e. The van der Waals surface area contributed by atoms with Crippen LogP contribution in [0, 0.1) is 0 Å². The molecule has 0 aliphatic carbocycles. The molecule has 0 atom stereocenters. The van der Waals surface area contributed by atoms with E-state index in [-0.39, 0.29) is 12.0 Å². The summed E-state index contributed by atoms with van der Waals surface area (Å²) >= 11 is 0. The highest BCUT2D eigenvalue weighted by atomic mass is 32.2. The standard InChI is InChI=1S/C20H26N2O4S/c1-20(2,3)17-11-6-7-12-18(17)22(27(5,24)25)14-19(23)21-15-9-8-10-16(13-15)26-4/h6-13H,14H2,1-5H3,(H,21,23). The topological polar surface area (TPSA) is 75.7 Å². The zero-order valence-electron chi connectivity index (χ0n) is 16.3. The van der Waals surface area contributed by atoms with Gasteiger partial charge in [-0.3, -0.25) is 9.10 Å². The molecular weight excluding hydrogens is 364 g/mol. The quantitative estimate of drug-likeness (QED) is 0.820. The molecule has 6 nitrogen and oxygen atoms in total. The summed E-state index contributed by atoms with van der Waals surface area (Å²) in [5.41, 5.74) is 1.62. The van der Waals surface area contributed by atoms with Crippen LogP contribution in [-0.2, 0) is 20.2 Å². The van der Waals surface area contributed by atoms with E-state index in [1.807, 2.05) is 32.9 Å². The molecule has 2 aromatic rings. The third kappa shape index (κ3) is 5.47. The Bertz CT molecular complexity index is 918. The van der Waals surface area contributed by atoms with Crippen molar-refractivity contribution in [2.75, 3.05) is 29.5 Å². The number of nitrogens with zero attached hydrogens (tertiary/aromatic N) is 1. The van der Waals surface area contributed by atoms with Crippen molar-refractivity contribution in [2.45, 2.75) is 26.2 Å². The van der Waals surface area contributed by atoms with Crippen molar-refractivity contribution >= 4 is 27.3 Å². The largest absolute Gasteiger partial charge is 0.497 e. The number of anilines is 2. The molecule has 27 heavy (non-hydrogen) atoms. The number of sulfonamides is 1. The zero-order valence-corrected chi connectivity index (χ0v) is 17.1. The number of ether oxygens (including phenoxy) is 1. The molecule has 146 valence electrons. The first-order valence-corrected chi connectivity index (χ1v) is 10.4. The third-order valence-corrected chi connectivity index (χ3v) is 5.15. The average Bonchev–Trinajstić information content (AvgIpc) is 2.58. The molecule has 0 saturated carbocycles. The Kier molecular flexibility index (Phi) is 6.15. The van der Waals surface area contributed by atoms with Crippen LogP contribution >= 0.6 is 0 Å². The number of hydrogen-bond donors (Lipinski definition) is 1. The van der Waals surface area contributed by atoms with Crippen molar-refractivity contribution in [3.63, 3.8) is 0 Å². The van der Waals surface area contributed by atoms with E-state index in [1.165, 1.54) is 7.11 Å². The molecule has 0 bridgehead atoms. The van der Waals surface area contributed by atoms with E-state index in [9.17, 15) is 13.2 Å². The van der Waals surface area contributed by atoms with Crippen molar-refractivity contribution in [3.05, 3.63) is 54.1 Å². The smallest absolute Gasteiger partial charge is 0.245 e. The fraction of sp³-hybridized carbons (Fsp3) is 0.350. The normalized spacial score (nSPS) is 11.7. The van der Waals surface area contributed by atoms with E-state index in [0.717, 1.165) is 16.1 Å². The summed E-state index contributed by atoms with van der Waals surface area (Å²) in [4.78, 5) is 12.5. The summed E-state index contributed by atoms with van der Waals surface area (Å²) in [5, 5.41) is 2.72. The Morgan fingerprint density at radius 1 is 1.11 bits per heavy atom. The second-order valence-corrected chi connectivity index (χ2v) is 9.22.